The molecule has 4 heteroatoms. The Morgan fingerprint density at radius 1 is 1.21 bits per heavy atom. The molecule has 24 heavy (non-hydrogen) atoms. The fourth-order valence-corrected chi connectivity index (χ4v) is 3.99. The van der Waals surface area contributed by atoms with Crippen LogP contribution in [0.15, 0.2) is 30.3 Å². The summed E-state index contributed by atoms with van der Waals surface area (Å²) < 4.78 is 0. The van der Waals surface area contributed by atoms with Gasteiger partial charge in [-0.3, -0.25) is 9.59 Å². The number of rotatable bonds is 4. The summed E-state index contributed by atoms with van der Waals surface area (Å²) in [7, 11) is 0. The molecule has 3 rings (SSSR count). The molecule has 0 spiro atoms. The average molecular weight is 328 g/mol. The van der Waals surface area contributed by atoms with Gasteiger partial charge in [-0.2, -0.15) is 0 Å². The number of likely N-dealkylation sites (tertiary alicyclic amines) is 1. The van der Waals surface area contributed by atoms with Crippen molar-refractivity contribution in [3.63, 3.8) is 0 Å². The molecular formula is C20H28N2O2. The topological polar surface area (TPSA) is 49.4 Å². The molecule has 2 fully saturated rings. The Morgan fingerprint density at radius 3 is 2.71 bits per heavy atom. The number of hydrogen-bond donors (Lipinski definition) is 1. The zero-order valence-corrected chi connectivity index (χ0v) is 14.7. The average Bonchev–Trinajstić information content (AvgIpc) is 2.94. The summed E-state index contributed by atoms with van der Waals surface area (Å²) in [5.41, 5.74) is 1.11. The molecule has 1 heterocycles. The zero-order chi connectivity index (χ0) is 17.1. The van der Waals surface area contributed by atoms with E-state index in [0.717, 1.165) is 12.0 Å². The Labute approximate surface area is 144 Å². The van der Waals surface area contributed by atoms with Gasteiger partial charge < -0.3 is 10.2 Å². The Balaban J connectivity index is 1.56. The van der Waals surface area contributed by atoms with Crippen molar-refractivity contribution >= 4 is 11.8 Å². The normalized spacial score (nSPS) is 30.4. The molecule has 1 N–H and O–H groups in total. The third-order valence-corrected chi connectivity index (χ3v) is 5.84. The number of benzene rings is 1. The SMILES string of the molecule is C[C@@H]1[C@@H](C)CCC[C@H]1NC(=O)[C@@H]1CC(=O)N(Cc2ccccc2)C1. The third kappa shape index (κ3) is 3.80. The lowest BCUT2D eigenvalue weighted by Crippen LogP contribution is -2.46. The lowest BCUT2D eigenvalue weighted by Gasteiger charge is -2.35. The highest BCUT2D eigenvalue weighted by Crippen LogP contribution is 2.30. The number of carbonyl (C=O) groups is 2. The van der Waals surface area contributed by atoms with Crippen molar-refractivity contribution in [3.8, 4) is 0 Å². The summed E-state index contributed by atoms with van der Waals surface area (Å²) in [6.07, 6.45) is 3.83. The van der Waals surface area contributed by atoms with Crippen molar-refractivity contribution in [3.05, 3.63) is 35.9 Å². The van der Waals surface area contributed by atoms with Gasteiger partial charge in [-0.05, 0) is 23.8 Å². The monoisotopic (exact) mass is 328 g/mol. The van der Waals surface area contributed by atoms with Crippen LogP contribution in [0.3, 0.4) is 0 Å². The second-order valence-corrected chi connectivity index (χ2v) is 7.54. The van der Waals surface area contributed by atoms with Gasteiger partial charge in [0.1, 0.15) is 0 Å². The van der Waals surface area contributed by atoms with E-state index < -0.39 is 0 Å². The van der Waals surface area contributed by atoms with E-state index >= 15 is 0 Å². The van der Waals surface area contributed by atoms with E-state index in [2.05, 4.69) is 19.2 Å². The Bertz CT molecular complexity index is 587. The molecule has 4 atom stereocenters. The number of amides is 2. The maximum absolute atomic E-state index is 12.6. The quantitative estimate of drug-likeness (QED) is 0.924. The highest BCUT2D eigenvalue weighted by atomic mass is 16.2. The third-order valence-electron chi connectivity index (χ3n) is 5.84. The van der Waals surface area contributed by atoms with Gasteiger partial charge in [0.05, 0.1) is 5.92 Å². The second kappa shape index (κ2) is 7.37. The van der Waals surface area contributed by atoms with Crippen molar-refractivity contribution in [1.29, 1.82) is 0 Å². The minimum absolute atomic E-state index is 0.0601. The Kier molecular flexibility index (Phi) is 5.22. The van der Waals surface area contributed by atoms with Gasteiger partial charge in [0.2, 0.25) is 11.8 Å². The summed E-state index contributed by atoms with van der Waals surface area (Å²) in [6, 6.07) is 10.2. The molecule has 0 aromatic heterocycles. The summed E-state index contributed by atoms with van der Waals surface area (Å²) >= 11 is 0. The largest absolute Gasteiger partial charge is 0.353 e. The van der Waals surface area contributed by atoms with E-state index in [9.17, 15) is 9.59 Å². The van der Waals surface area contributed by atoms with Crippen LogP contribution in [0, 0.1) is 17.8 Å². The van der Waals surface area contributed by atoms with Crippen molar-refractivity contribution in [2.75, 3.05) is 6.54 Å². The fourth-order valence-electron chi connectivity index (χ4n) is 3.99. The number of nitrogens with one attached hydrogen (secondary N) is 1. The smallest absolute Gasteiger partial charge is 0.225 e. The van der Waals surface area contributed by atoms with Crippen molar-refractivity contribution < 1.29 is 9.59 Å². The van der Waals surface area contributed by atoms with E-state index in [1.54, 1.807) is 0 Å². The van der Waals surface area contributed by atoms with Crippen molar-refractivity contribution in [2.24, 2.45) is 17.8 Å². The maximum atomic E-state index is 12.6. The number of carbonyl (C=O) groups excluding carboxylic acids is 2. The minimum Gasteiger partial charge on any atom is -0.353 e. The summed E-state index contributed by atoms with van der Waals surface area (Å²) in [4.78, 5) is 26.7. The first-order valence-corrected chi connectivity index (χ1v) is 9.16. The first-order chi connectivity index (χ1) is 11.5. The van der Waals surface area contributed by atoms with Gasteiger partial charge in [0, 0.05) is 25.6 Å². The summed E-state index contributed by atoms with van der Waals surface area (Å²) in [5, 5.41) is 3.23. The molecule has 0 unspecified atom stereocenters. The van der Waals surface area contributed by atoms with Crippen LogP contribution in [0.25, 0.3) is 0 Å². The zero-order valence-electron chi connectivity index (χ0n) is 14.7. The van der Waals surface area contributed by atoms with Gasteiger partial charge in [-0.15, -0.1) is 0 Å². The van der Waals surface area contributed by atoms with E-state index in [4.69, 9.17) is 0 Å². The maximum Gasteiger partial charge on any atom is 0.225 e. The highest BCUT2D eigenvalue weighted by molar-refractivity contribution is 5.89. The van der Waals surface area contributed by atoms with E-state index in [0.29, 0.717) is 31.3 Å². The molecule has 4 nitrogen and oxygen atoms in total. The van der Waals surface area contributed by atoms with Crippen molar-refractivity contribution in [1.82, 2.24) is 10.2 Å². The van der Waals surface area contributed by atoms with Crippen LogP contribution >= 0.6 is 0 Å². The van der Waals surface area contributed by atoms with Gasteiger partial charge in [-0.1, -0.05) is 57.0 Å². The Morgan fingerprint density at radius 2 is 1.96 bits per heavy atom. The molecule has 2 amide bonds. The molecule has 1 saturated carbocycles. The minimum atomic E-state index is -0.203. The van der Waals surface area contributed by atoms with Crippen LogP contribution in [0.5, 0.6) is 0 Å². The van der Waals surface area contributed by atoms with E-state index in [1.807, 2.05) is 35.2 Å². The molecule has 1 aromatic rings. The number of hydrogen-bond acceptors (Lipinski definition) is 2. The van der Waals surface area contributed by atoms with Crippen LogP contribution in [-0.2, 0) is 16.1 Å². The predicted molar refractivity (Wildman–Crippen MR) is 94.1 cm³/mol. The molecule has 2 aliphatic rings. The fraction of sp³-hybridized carbons (Fsp3) is 0.600. The Hall–Kier alpha value is -1.84. The first kappa shape index (κ1) is 17.0. The van der Waals surface area contributed by atoms with Crippen LogP contribution in [0.4, 0.5) is 0 Å². The van der Waals surface area contributed by atoms with Gasteiger partial charge in [0.25, 0.3) is 0 Å². The van der Waals surface area contributed by atoms with E-state index in [1.165, 1.54) is 12.8 Å². The number of nitrogens with zero attached hydrogens (tertiary/aromatic N) is 1. The van der Waals surface area contributed by atoms with Crippen molar-refractivity contribution in [2.45, 2.75) is 52.1 Å². The van der Waals surface area contributed by atoms with Gasteiger partial charge >= 0.3 is 0 Å². The molecular weight excluding hydrogens is 300 g/mol. The van der Waals surface area contributed by atoms with E-state index in [-0.39, 0.29) is 23.8 Å². The van der Waals surface area contributed by atoms with Crippen LogP contribution in [-0.4, -0.2) is 29.3 Å². The molecule has 1 saturated heterocycles. The lowest BCUT2D eigenvalue weighted by molar-refractivity contribution is -0.129. The van der Waals surface area contributed by atoms with Crippen LogP contribution in [0.2, 0.25) is 0 Å². The predicted octanol–water partition coefficient (Wildman–Crippen LogP) is 2.98. The summed E-state index contributed by atoms with van der Waals surface area (Å²) in [6.45, 7) is 5.64. The highest BCUT2D eigenvalue weighted by Gasteiger charge is 2.36. The van der Waals surface area contributed by atoms with Crippen LogP contribution in [0.1, 0.15) is 45.1 Å². The second-order valence-electron chi connectivity index (χ2n) is 7.54. The van der Waals surface area contributed by atoms with Crippen LogP contribution < -0.4 is 5.32 Å². The molecule has 130 valence electrons. The lowest BCUT2D eigenvalue weighted by atomic mass is 9.78. The molecule has 1 aromatic carbocycles. The van der Waals surface area contributed by atoms with Gasteiger partial charge in [0.15, 0.2) is 0 Å². The molecule has 1 aliphatic carbocycles. The standard InChI is InChI=1S/C20H28N2O2/c1-14-7-6-10-18(15(14)2)21-20(24)17-11-19(23)22(13-17)12-16-8-4-3-5-9-16/h3-5,8-9,14-15,17-18H,6-7,10-13H2,1-2H3,(H,21,24)/t14-,15+,17+,18+/m0/s1. The molecule has 0 bridgehead atoms. The molecule has 0 radical (unpaired) electrons. The van der Waals surface area contributed by atoms with Gasteiger partial charge in [-0.25, -0.2) is 0 Å². The first-order valence-electron chi connectivity index (χ1n) is 9.16. The summed E-state index contributed by atoms with van der Waals surface area (Å²) in [5.74, 6) is 1.11. The molecule has 1 aliphatic heterocycles.